The Morgan fingerprint density at radius 1 is 1.16 bits per heavy atom. The minimum absolute atomic E-state index is 0.0461. The molecule has 4 aliphatic carbocycles. The fraction of sp³-hybridized carbons (Fsp3) is 0.818. The molecule has 0 aromatic carbocycles. The average molecular weight is 344 g/mol. The highest BCUT2D eigenvalue weighted by atomic mass is 16.3. The molecule has 4 rings (SSSR count). The number of carbonyl (C=O) groups is 2. The molecule has 25 heavy (non-hydrogen) atoms. The van der Waals surface area contributed by atoms with Gasteiger partial charge in [0, 0.05) is 11.8 Å². The van der Waals surface area contributed by atoms with E-state index in [1.54, 1.807) is 6.92 Å². The molecule has 138 valence electrons. The van der Waals surface area contributed by atoms with Gasteiger partial charge in [-0.3, -0.25) is 9.59 Å². The van der Waals surface area contributed by atoms with E-state index in [1.165, 1.54) is 5.57 Å². The first-order valence-electron chi connectivity index (χ1n) is 10.1. The topological polar surface area (TPSA) is 54.4 Å². The summed E-state index contributed by atoms with van der Waals surface area (Å²) in [5, 5.41) is 11.2. The third-order valence-corrected chi connectivity index (χ3v) is 9.25. The van der Waals surface area contributed by atoms with Crippen molar-refractivity contribution in [3.05, 3.63) is 11.6 Å². The van der Waals surface area contributed by atoms with Crippen molar-refractivity contribution in [1.82, 2.24) is 0 Å². The minimum Gasteiger partial charge on any atom is -0.382 e. The van der Waals surface area contributed by atoms with Crippen LogP contribution in [0, 0.1) is 34.5 Å². The predicted octanol–water partition coefficient (Wildman–Crippen LogP) is 4.08. The maximum Gasteiger partial charge on any atom is 0.161 e. The number of fused-ring (bicyclic) bond motifs is 5. The van der Waals surface area contributed by atoms with Crippen LogP contribution in [0.3, 0.4) is 0 Å². The van der Waals surface area contributed by atoms with Gasteiger partial charge in [-0.1, -0.05) is 26.3 Å². The molecule has 0 amide bonds. The van der Waals surface area contributed by atoms with Gasteiger partial charge in [-0.2, -0.15) is 0 Å². The zero-order chi connectivity index (χ0) is 18.2. The zero-order valence-corrected chi connectivity index (χ0v) is 16.1. The number of allylic oxidation sites excluding steroid dienone is 1. The monoisotopic (exact) mass is 344 g/mol. The number of hydrogen-bond acceptors (Lipinski definition) is 3. The summed E-state index contributed by atoms with van der Waals surface area (Å²) in [7, 11) is 0. The first kappa shape index (κ1) is 17.5. The lowest BCUT2D eigenvalue weighted by atomic mass is 9.44. The summed E-state index contributed by atoms with van der Waals surface area (Å²) in [5.74, 6) is 2.24. The number of carbonyl (C=O) groups excluding carboxylic acids is 2. The lowest BCUT2D eigenvalue weighted by Crippen LogP contribution is -2.58. The van der Waals surface area contributed by atoms with E-state index >= 15 is 0 Å². The molecule has 3 fully saturated rings. The molecule has 1 unspecified atom stereocenters. The van der Waals surface area contributed by atoms with Gasteiger partial charge in [-0.15, -0.1) is 0 Å². The van der Waals surface area contributed by atoms with Crippen LogP contribution in [0.5, 0.6) is 0 Å². The number of hydrogen-bond donors (Lipinski definition) is 1. The summed E-state index contributed by atoms with van der Waals surface area (Å²) in [6.07, 6.45) is 8.33. The van der Waals surface area contributed by atoms with Crippen LogP contribution in [0.25, 0.3) is 0 Å². The van der Waals surface area contributed by atoms with Crippen molar-refractivity contribution in [2.24, 2.45) is 34.5 Å². The molecule has 3 heteroatoms. The second-order valence-corrected chi connectivity index (χ2v) is 9.85. The molecule has 7 atom stereocenters. The second kappa shape index (κ2) is 5.28. The van der Waals surface area contributed by atoms with Crippen LogP contribution in [0.1, 0.15) is 72.6 Å². The number of ketones is 2. The van der Waals surface area contributed by atoms with Crippen LogP contribution >= 0.6 is 0 Å². The molecule has 1 N–H and O–H groups in total. The van der Waals surface area contributed by atoms with Gasteiger partial charge in [-0.05, 0) is 80.6 Å². The molecule has 0 radical (unpaired) electrons. The maximum atomic E-state index is 12.3. The van der Waals surface area contributed by atoms with Crippen molar-refractivity contribution >= 4 is 11.6 Å². The van der Waals surface area contributed by atoms with Crippen molar-refractivity contribution < 1.29 is 14.7 Å². The highest BCUT2D eigenvalue weighted by Crippen LogP contribution is 2.68. The van der Waals surface area contributed by atoms with E-state index in [0.717, 1.165) is 32.1 Å². The molecule has 0 saturated heterocycles. The largest absolute Gasteiger partial charge is 0.382 e. The molecule has 0 aliphatic heterocycles. The van der Waals surface area contributed by atoms with E-state index in [9.17, 15) is 14.7 Å². The second-order valence-electron chi connectivity index (χ2n) is 9.85. The van der Waals surface area contributed by atoms with Crippen molar-refractivity contribution in [2.45, 2.75) is 78.2 Å². The Hall–Kier alpha value is -0.960. The Morgan fingerprint density at radius 3 is 2.52 bits per heavy atom. The van der Waals surface area contributed by atoms with Gasteiger partial charge in [0.1, 0.15) is 5.60 Å². The van der Waals surface area contributed by atoms with Gasteiger partial charge in [0.05, 0.1) is 0 Å². The zero-order valence-electron chi connectivity index (χ0n) is 16.1. The predicted molar refractivity (Wildman–Crippen MR) is 96.9 cm³/mol. The van der Waals surface area contributed by atoms with Crippen LogP contribution in [0.2, 0.25) is 0 Å². The Morgan fingerprint density at radius 2 is 1.84 bits per heavy atom. The van der Waals surface area contributed by atoms with Crippen LogP contribution < -0.4 is 0 Å². The number of Topliss-reactive ketones (excluding diaryl/α,β-unsaturated/α-hetero) is 1. The molecule has 3 saturated carbocycles. The van der Waals surface area contributed by atoms with Crippen LogP contribution in [0.15, 0.2) is 11.6 Å². The standard InChI is InChI=1S/C22H32O3/c1-13-11-16(24)12-15-5-6-17-18-8-10-22(25,14(2)23)20(18,3)9-7-19(17)21(13,15)4/h12-13,17-19,25H,5-11H2,1-4H3/t13?,17-,18-,19-,20-,21-,22-/m0/s1. The lowest BCUT2D eigenvalue weighted by molar-refractivity contribution is -0.161. The van der Waals surface area contributed by atoms with Gasteiger partial charge in [0.2, 0.25) is 0 Å². The van der Waals surface area contributed by atoms with Crippen molar-refractivity contribution in [3.63, 3.8) is 0 Å². The lowest BCUT2D eigenvalue weighted by Gasteiger charge is -2.60. The normalized spacial score (nSPS) is 52.0. The highest BCUT2D eigenvalue weighted by molar-refractivity contribution is 5.92. The van der Waals surface area contributed by atoms with E-state index in [1.807, 2.05) is 6.08 Å². The molecule has 0 spiro atoms. The Bertz CT molecular complexity index is 664. The first-order chi connectivity index (χ1) is 11.6. The first-order valence-corrected chi connectivity index (χ1v) is 10.1. The van der Waals surface area contributed by atoms with Crippen molar-refractivity contribution in [2.75, 3.05) is 0 Å². The Kier molecular flexibility index (Phi) is 3.69. The Balaban J connectivity index is 1.72. The summed E-state index contributed by atoms with van der Waals surface area (Å²) in [6, 6.07) is 0. The van der Waals surface area contributed by atoms with Gasteiger partial charge in [0.15, 0.2) is 11.6 Å². The van der Waals surface area contributed by atoms with Crippen molar-refractivity contribution in [3.8, 4) is 0 Å². The summed E-state index contributed by atoms with van der Waals surface area (Å²) in [6.45, 7) is 8.38. The molecule has 4 aliphatic rings. The van der Waals surface area contributed by atoms with Crippen molar-refractivity contribution in [1.29, 1.82) is 0 Å². The fourth-order valence-electron chi connectivity index (χ4n) is 7.54. The summed E-state index contributed by atoms with van der Waals surface area (Å²) in [4.78, 5) is 24.3. The molecular weight excluding hydrogens is 312 g/mol. The molecule has 0 aromatic heterocycles. The van der Waals surface area contributed by atoms with E-state index in [4.69, 9.17) is 0 Å². The van der Waals surface area contributed by atoms with Gasteiger partial charge >= 0.3 is 0 Å². The van der Waals surface area contributed by atoms with Gasteiger partial charge < -0.3 is 5.11 Å². The maximum absolute atomic E-state index is 12.3. The van der Waals surface area contributed by atoms with Crippen LogP contribution in [-0.4, -0.2) is 22.3 Å². The third-order valence-electron chi connectivity index (χ3n) is 9.25. The number of rotatable bonds is 1. The van der Waals surface area contributed by atoms with E-state index < -0.39 is 5.60 Å². The van der Waals surface area contributed by atoms with Crippen LogP contribution in [0.4, 0.5) is 0 Å². The molecular formula is C22H32O3. The minimum atomic E-state index is -1.13. The highest BCUT2D eigenvalue weighted by Gasteiger charge is 2.66. The summed E-state index contributed by atoms with van der Waals surface area (Å²) < 4.78 is 0. The molecule has 0 heterocycles. The summed E-state index contributed by atoms with van der Waals surface area (Å²) in [5.41, 5.74) is 0.0923. The van der Waals surface area contributed by atoms with Crippen LogP contribution in [-0.2, 0) is 9.59 Å². The molecule has 3 nitrogen and oxygen atoms in total. The Labute approximate surface area is 151 Å². The summed E-state index contributed by atoms with van der Waals surface area (Å²) >= 11 is 0. The molecule has 0 aromatic rings. The SMILES string of the molecule is CC(=O)[C@@]1(O)CC[C@H]2[C@@H]3CCC4=CC(=O)CC(C)[C@]4(C)[C@H]3CC[C@@]21C. The van der Waals surface area contributed by atoms with E-state index in [0.29, 0.717) is 42.3 Å². The van der Waals surface area contributed by atoms with E-state index in [-0.39, 0.29) is 16.6 Å². The number of aliphatic hydroxyl groups is 1. The van der Waals surface area contributed by atoms with Gasteiger partial charge in [0.25, 0.3) is 0 Å². The fourth-order valence-corrected chi connectivity index (χ4v) is 7.54. The quantitative estimate of drug-likeness (QED) is 0.779. The third kappa shape index (κ3) is 2.02. The van der Waals surface area contributed by atoms with Gasteiger partial charge in [-0.25, -0.2) is 0 Å². The average Bonchev–Trinajstić information content (AvgIpc) is 2.82. The van der Waals surface area contributed by atoms with E-state index in [2.05, 4.69) is 20.8 Å². The smallest absolute Gasteiger partial charge is 0.161 e. The molecule has 0 bridgehead atoms.